The summed E-state index contributed by atoms with van der Waals surface area (Å²) >= 11 is 1.57. The monoisotopic (exact) mass is 274 g/mol. The van der Waals surface area contributed by atoms with E-state index in [-0.39, 0.29) is 23.9 Å². The quantitative estimate of drug-likeness (QED) is 0.760. The van der Waals surface area contributed by atoms with Gasteiger partial charge in [-0.25, -0.2) is 4.79 Å². The van der Waals surface area contributed by atoms with Crippen molar-refractivity contribution in [3.63, 3.8) is 0 Å². The Balaban J connectivity index is 2.69. The van der Waals surface area contributed by atoms with Gasteiger partial charge in [-0.15, -0.1) is 11.8 Å². The molecule has 0 aromatic rings. The molecule has 0 aliphatic carbocycles. The highest BCUT2D eigenvalue weighted by Crippen LogP contribution is 2.32. The second kappa shape index (κ2) is 6.99. The molecule has 1 aliphatic rings. The first-order chi connectivity index (χ1) is 8.47. The van der Waals surface area contributed by atoms with Crippen molar-refractivity contribution >= 4 is 23.6 Å². The summed E-state index contributed by atoms with van der Waals surface area (Å²) in [5.74, 6) is -0.522. The summed E-state index contributed by atoms with van der Waals surface area (Å²) in [6.45, 7) is 6.18. The predicted octanol–water partition coefficient (Wildman–Crippen LogP) is 1.14. The van der Waals surface area contributed by atoms with Crippen LogP contribution in [0.4, 0.5) is 0 Å². The average molecular weight is 274 g/mol. The maximum absolute atomic E-state index is 12.1. The van der Waals surface area contributed by atoms with Crippen LogP contribution in [-0.2, 0) is 9.59 Å². The molecule has 0 saturated carbocycles. The van der Waals surface area contributed by atoms with Crippen LogP contribution >= 0.6 is 11.8 Å². The van der Waals surface area contributed by atoms with Gasteiger partial charge in [0.05, 0.1) is 11.9 Å². The number of hydrogen-bond donors (Lipinski definition) is 2. The highest BCUT2D eigenvalue weighted by Gasteiger charge is 2.40. The Morgan fingerprint density at radius 2 is 2.17 bits per heavy atom. The van der Waals surface area contributed by atoms with Gasteiger partial charge in [-0.3, -0.25) is 4.79 Å². The Morgan fingerprint density at radius 1 is 1.50 bits per heavy atom. The summed E-state index contributed by atoms with van der Waals surface area (Å²) in [7, 11) is 0. The van der Waals surface area contributed by atoms with Crippen molar-refractivity contribution in [2.24, 2.45) is 0 Å². The molecular formula is C12H22N2O3S. The molecule has 0 aromatic heterocycles. The zero-order valence-corrected chi connectivity index (χ0v) is 12.0. The van der Waals surface area contributed by atoms with Crippen LogP contribution in [-0.4, -0.2) is 51.6 Å². The van der Waals surface area contributed by atoms with E-state index in [0.717, 1.165) is 12.8 Å². The molecule has 1 aliphatic heterocycles. The van der Waals surface area contributed by atoms with Gasteiger partial charge >= 0.3 is 5.97 Å². The van der Waals surface area contributed by atoms with Gasteiger partial charge in [0, 0.05) is 11.8 Å². The van der Waals surface area contributed by atoms with E-state index >= 15 is 0 Å². The van der Waals surface area contributed by atoms with E-state index in [2.05, 4.69) is 5.32 Å². The third kappa shape index (κ3) is 3.88. The largest absolute Gasteiger partial charge is 0.480 e. The molecule has 6 heteroatoms. The van der Waals surface area contributed by atoms with Gasteiger partial charge in [-0.05, 0) is 6.42 Å². The van der Waals surface area contributed by atoms with Gasteiger partial charge in [0.15, 0.2) is 0 Å². The SMILES string of the molecule is CCCC1SCC(C(=O)O)N1C(=O)CNC(C)C. The summed E-state index contributed by atoms with van der Waals surface area (Å²) in [6.07, 6.45) is 1.80. The predicted molar refractivity (Wildman–Crippen MR) is 72.6 cm³/mol. The van der Waals surface area contributed by atoms with E-state index in [0.29, 0.717) is 5.75 Å². The maximum atomic E-state index is 12.1. The molecule has 1 heterocycles. The number of hydrogen-bond acceptors (Lipinski definition) is 4. The molecule has 0 spiro atoms. The van der Waals surface area contributed by atoms with Crippen molar-refractivity contribution in [3.05, 3.63) is 0 Å². The Morgan fingerprint density at radius 3 is 2.67 bits per heavy atom. The number of carboxylic acids is 1. The van der Waals surface area contributed by atoms with E-state index in [1.807, 2.05) is 20.8 Å². The van der Waals surface area contributed by atoms with Gasteiger partial charge in [0.25, 0.3) is 0 Å². The zero-order chi connectivity index (χ0) is 13.7. The molecule has 2 unspecified atom stereocenters. The van der Waals surface area contributed by atoms with Gasteiger partial charge in [0.2, 0.25) is 5.91 Å². The van der Waals surface area contributed by atoms with Crippen LogP contribution < -0.4 is 5.32 Å². The van der Waals surface area contributed by atoms with Crippen molar-refractivity contribution in [1.82, 2.24) is 10.2 Å². The molecule has 1 rings (SSSR count). The first-order valence-corrected chi connectivity index (χ1v) is 7.41. The third-order valence-corrected chi connectivity index (χ3v) is 4.22. The number of carbonyl (C=O) groups excluding carboxylic acids is 1. The van der Waals surface area contributed by atoms with E-state index in [1.54, 1.807) is 16.7 Å². The molecule has 1 saturated heterocycles. The number of nitrogens with zero attached hydrogens (tertiary/aromatic N) is 1. The second-order valence-corrected chi connectivity index (χ2v) is 5.98. The van der Waals surface area contributed by atoms with Crippen molar-refractivity contribution in [2.45, 2.75) is 51.1 Å². The summed E-state index contributed by atoms with van der Waals surface area (Å²) in [5.41, 5.74) is 0. The Hall–Kier alpha value is -0.750. The zero-order valence-electron chi connectivity index (χ0n) is 11.2. The normalized spacial score (nSPS) is 23.7. The Bertz CT molecular complexity index is 310. The summed E-state index contributed by atoms with van der Waals surface area (Å²) < 4.78 is 0. The van der Waals surface area contributed by atoms with Gasteiger partial charge < -0.3 is 15.3 Å². The fourth-order valence-electron chi connectivity index (χ4n) is 1.94. The molecule has 1 amide bonds. The molecule has 0 radical (unpaired) electrons. The van der Waals surface area contributed by atoms with E-state index in [4.69, 9.17) is 5.11 Å². The van der Waals surface area contributed by atoms with Crippen LogP contribution in [0.5, 0.6) is 0 Å². The number of carboxylic acid groups (broad SMARTS) is 1. The van der Waals surface area contributed by atoms with Crippen LogP contribution in [0, 0.1) is 0 Å². The minimum Gasteiger partial charge on any atom is -0.480 e. The van der Waals surface area contributed by atoms with Crippen LogP contribution in [0.1, 0.15) is 33.6 Å². The second-order valence-electron chi connectivity index (χ2n) is 4.77. The topological polar surface area (TPSA) is 69.6 Å². The number of thioether (sulfide) groups is 1. The maximum Gasteiger partial charge on any atom is 0.327 e. The minimum absolute atomic E-state index is 0.0116. The van der Waals surface area contributed by atoms with E-state index in [1.165, 1.54) is 0 Å². The van der Waals surface area contributed by atoms with E-state index in [9.17, 15) is 9.59 Å². The number of rotatable bonds is 6. The lowest BCUT2D eigenvalue weighted by Gasteiger charge is -2.27. The van der Waals surface area contributed by atoms with Gasteiger partial charge in [0.1, 0.15) is 6.04 Å². The fraction of sp³-hybridized carbons (Fsp3) is 0.833. The van der Waals surface area contributed by atoms with Crippen LogP contribution in [0.25, 0.3) is 0 Å². The van der Waals surface area contributed by atoms with Crippen LogP contribution in [0.15, 0.2) is 0 Å². The molecule has 2 N–H and O–H groups in total. The first-order valence-electron chi connectivity index (χ1n) is 6.36. The van der Waals surface area contributed by atoms with Crippen LogP contribution in [0.2, 0.25) is 0 Å². The highest BCUT2D eigenvalue weighted by atomic mass is 32.2. The summed E-state index contributed by atoms with van der Waals surface area (Å²) in [5, 5.41) is 12.2. The molecule has 2 atom stereocenters. The third-order valence-electron chi connectivity index (χ3n) is 2.86. The van der Waals surface area contributed by atoms with Gasteiger partial charge in [-0.2, -0.15) is 0 Å². The fourth-order valence-corrected chi connectivity index (χ4v) is 3.48. The standard InChI is InChI=1S/C12H22N2O3S/c1-4-5-11-14(9(7-18-11)12(16)17)10(15)6-13-8(2)3/h8-9,11,13H,4-7H2,1-3H3,(H,16,17). The number of nitrogens with one attached hydrogen (secondary N) is 1. The molecule has 0 aromatic carbocycles. The summed E-state index contributed by atoms with van der Waals surface area (Å²) in [6, 6.07) is -0.454. The Kier molecular flexibility index (Phi) is 5.95. The molecule has 5 nitrogen and oxygen atoms in total. The highest BCUT2D eigenvalue weighted by molar-refractivity contribution is 8.00. The smallest absolute Gasteiger partial charge is 0.327 e. The molecule has 104 valence electrons. The first kappa shape index (κ1) is 15.3. The van der Waals surface area contributed by atoms with E-state index < -0.39 is 12.0 Å². The summed E-state index contributed by atoms with van der Waals surface area (Å²) in [4.78, 5) is 24.9. The average Bonchev–Trinajstić information content (AvgIpc) is 2.70. The number of aliphatic carboxylic acids is 1. The minimum atomic E-state index is -0.904. The Labute approximate surface area is 112 Å². The van der Waals surface area contributed by atoms with Crippen molar-refractivity contribution < 1.29 is 14.7 Å². The van der Waals surface area contributed by atoms with Crippen molar-refractivity contribution in [1.29, 1.82) is 0 Å². The molecule has 0 bridgehead atoms. The van der Waals surface area contributed by atoms with Crippen LogP contribution in [0.3, 0.4) is 0 Å². The van der Waals surface area contributed by atoms with Gasteiger partial charge in [-0.1, -0.05) is 27.2 Å². The molecule has 18 heavy (non-hydrogen) atoms. The molecule has 1 fully saturated rings. The lowest BCUT2D eigenvalue weighted by molar-refractivity contribution is -0.148. The van der Waals surface area contributed by atoms with Crippen molar-refractivity contribution in [2.75, 3.05) is 12.3 Å². The lowest BCUT2D eigenvalue weighted by Crippen LogP contribution is -2.49. The number of amides is 1. The lowest BCUT2D eigenvalue weighted by atomic mass is 10.2. The van der Waals surface area contributed by atoms with Crippen molar-refractivity contribution in [3.8, 4) is 0 Å². The molecular weight excluding hydrogens is 252 g/mol. The number of carbonyl (C=O) groups is 2.